The molecule has 1 heterocycles. The van der Waals surface area contributed by atoms with Crippen molar-refractivity contribution >= 4 is 11.8 Å². The van der Waals surface area contributed by atoms with Crippen LogP contribution in [0.4, 0.5) is 11.8 Å². The number of nitrogens with zero attached hydrogens (tertiary/aromatic N) is 2. The van der Waals surface area contributed by atoms with Crippen LogP contribution in [-0.4, -0.2) is 30.2 Å². The van der Waals surface area contributed by atoms with Gasteiger partial charge < -0.3 is 15.4 Å². The van der Waals surface area contributed by atoms with Crippen LogP contribution in [0, 0.1) is 6.92 Å². The highest BCUT2D eigenvalue weighted by atomic mass is 16.5. The molecule has 5 heteroatoms. The van der Waals surface area contributed by atoms with Gasteiger partial charge >= 0.3 is 0 Å². The highest BCUT2D eigenvalue weighted by Gasteiger charge is 1.99. The van der Waals surface area contributed by atoms with Crippen LogP contribution in [0.3, 0.4) is 0 Å². The predicted octanol–water partition coefficient (Wildman–Crippen LogP) is 2.46. The molecule has 5 nitrogen and oxygen atoms in total. The standard InChI is InChI=1S/C15H20N4O/c1-12-3-5-13(6-4-12)11-18-14-7-8-16-15(19-14)17-9-10-20-2/h3-8H,9-11H2,1-2H3,(H2,16,17,18,19). The van der Waals surface area contributed by atoms with Crippen molar-refractivity contribution in [2.75, 3.05) is 30.9 Å². The second-order valence-electron chi connectivity index (χ2n) is 4.52. The predicted molar refractivity (Wildman–Crippen MR) is 80.9 cm³/mol. The Morgan fingerprint density at radius 3 is 2.65 bits per heavy atom. The van der Waals surface area contributed by atoms with E-state index in [1.165, 1.54) is 11.1 Å². The van der Waals surface area contributed by atoms with E-state index in [2.05, 4.69) is 51.8 Å². The molecule has 2 N–H and O–H groups in total. The Kier molecular flexibility index (Phi) is 5.32. The molecule has 0 bridgehead atoms. The third-order valence-corrected chi connectivity index (χ3v) is 2.84. The number of aromatic nitrogens is 2. The van der Waals surface area contributed by atoms with E-state index in [1.807, 2.05) is 6.07 Å². The average molecular weight is 272 g/mol. The minimum atomic E-state index is 0.607. The molecule has 0 radical (unpaired) electrons. The summed E-state index contributed by atoms with van der Waals surface area (Å²) in [5.74, 6) is 1.41. The number of hydrogen-bond acceptors (Lipinski definition) is 5. The van der Waals surface area contributed by atoms with Crippen LogP contribution < -0.4 is 10.6 Å². The Balaban J connectivity index is 1.89. The summed E-state index contributed by atoms with van der Waals surface area (Å²) in [6.45, 7) is 4.15. The van der Waals surface area contributed by atoms with E-state index in [9.17, 15) is 0 Å². The maximum Gasteiger partial charge on any atom is 0.224 e. The normalized spacial score (nSPS) is 10.3. The molecule has 0 saturated heterocycles. The number of hydrogen-bond donors (Lipinski definition) is 2. The topological polar surface area (TPSA) is 59.1 Å². The molecule has 0 unspecified atom stereocenters. The molecular formula is C15H20N4O. The summed E-state index contributed by atoms with van der Waals surface area (Å²) in [5.41, 5.74) is 2.49. The first kappa shape index (κ1) is 14.3. The van der Waals surface area contributed by atoms with Crippen molar-refractivity contribution in [2.45, 2.75) is 13.5 Å². The van der Waals surface area contributed by atoms with Gasteiger partial charge in [-0.2, -0.15) is 4.98 Å². The molecule has 0 aliphatic rings. The molecule has 2 aromatic rings. The molecule has 20 heavy (non-hydrogen) atoms. The van der Waals surface area contributed by atoms with E-state index in [0.717, 1.165) is 12.4 Å². The highest BCUT2D eigenvalue weighted by molar-refractivity contribution is 5.40. The Bertz CT molecular complexity index is 528. The van der Waals surface area contributed by atoms with E-state index >= 15 is 0 Å². The second kappa shape index (κ2) is 7.45. The van der Waals surface area contributed by atoms with Crippen LogP contribution in [0.15, 0.2) is 36.5 Å². The van der Waals surface area contributed by atoms with Gasteiger partial charge in [0.05, 0.1) is 6.61 Å². The van der Waals surface area contributed by atoms with E-state index in [1.54, 1.807) is 13.3 Å². The molecular weight excluding hydrogens is 252 g/mol. The molecule has 0 spiro atoms. The zero-order valence-corrected chi connectivity index (χ0v) is 11.9. The Labute approximate surface area is 119 Å². The number of nitrogens with one attached hydrogen (secondary N) is 2. The fourth-order valence-corrected chi connectivity index (χ4v) is 1.71. The van der Waals surface area contributed by atoms with Gasteiger partial charge in [-0.3, -0.25) is 0 Å². The van der Waals surface area contributed by atoms with Gasteiger partial charge in [-0.1, -0.05) is 29.8 Å². The van der Waals surface area contributed by atoms with Gasteiger partial charge in [0, 0.05) is 26.4 Å². The second-order valence-corrected chi connectivity index (χ2v) is 4.52. The zero-order valence-electron chi connectivity index (χ0n) is 11.9. The van der Waals surface area contributed by atoms with Crippen LogP contribution in [0.25, 0.3) is 0 Å². The van der Waals surface area contributed by atoms with Gasteiger partial charge in [-0.05, 0) is 18.6 Å². The van der Waals surface area contributed by atoms with Gasteiger partial charge in [-0.15, -0.1) is 0 Å². The van der Waals surface area contributed by atoms with E-state index in [0.29, 0.717) is 19.1 Å². The molecule has 2 rings (SSSR count). The van der Waals surface area contributed by atoms with Crippen molar-refractivity contribution in [3.63, 3.8) is 0 Å². The third kappa shape index (κ3) is 4.51. The number of ether oxygens (including phenoxy) is 1. The minimum absolute atomic E-state index is 0.607. The molecule has 0 aliphatic heterocycles. The first-order valence-electron chi connectivity index (χ1n) is 6.63. The van der Waals surface area contributed by atoms with Gasteiger partial charge in [0.25, 0.3) is 0 Å². The summed E-state index contributed by atoms with van der Waals surface area (Å²) in [5, 5.41) is 6.39. The fraction of sp³-hybridized carbons (Fsp3) is 0.333. The number of methoxy groups -OCH3 is 1. The molecule has 0 saturated carbocycles. The highest BCUT2D eigenvalue weighted by Crippen LogP contribution is 2.09. The van der Waals surface area contributed by atoms with Gasteiger partial charge in [0.2, 0.25) is 5.95 Å². The first-order chi connectivity index (χ1) is 9.78. The summed E-state index contributed by atoms with van der Waals surface area (Å²) in [6, 6.07) is 10.3. The molecule has 0 atom stereocenters. The first-order valence-corrected chi connectivity index (χ1v) is 6.63. The average Bonchev–Trinajstić information content (AvgIpc) is 2.47. The number of rotatable bonds is 7. The molecule has 0 fully saturated rings. The van der Waals surface area contributed by atoms with Crippen molar-refractivity contribution in [1.82, 2.24) is 9.97 Å². The largest absolute Gasteiger partial charge is 0.383 e. The van der Waals surface area contributed by atoms with Crippen molar-refractivity contribution < 1.29 is 4.74 Å². The Morgan fingerprint density at radius 2 is 1.90 bits per heavy atom. The maximum absolute atomic E-state index is 4.98. The van der Waals surface area contributed by atoms with Crippen molar-refractivity contribution in [3.8, 4) is 0 Å². The maximum atomic E-state index is 4.98. The molecule has 106 valence electrons. The lowest BCUT2D eigenvalue weighted by Crippen LogP contribution is -2.11. The molecule has 0 aliphatic carbocycles. The van der Waals surface area contributed by atoms with E-state index in [-0.39, 0.29) is 0 Å². The third-order valence-electron chi connectivity index (χ3n) is 2.84. The van der Waals surface area contributed by atoms with Crippen LogP contribution >= 0.6 is 0 Å². The van der Waals surface area contributed by atoms with Crippen LogP contribution in [-0.2, 0) is 11.3 Å². The quantitative estimate of drug-likeness (QED) is 0.758. The number of benzene rings is 1. The van der Waals surface area contributed by atoms with Gasteiger partial charge in [0.15, 0.2) is 0 Å². The van der Waals surface area contributed by atoms with Crippen LogP contribution in [0.2, 0.25) is 0 Å². The Hall–Kier alpha value is -2.14. The summed E-state index contributed by atoms with van der Waals surface area (Å²) >= 11 is 0. The number of anilines is 2. The van der Waals surface area contributed by atoms with Crippen molar-refractivity contribution in [2.24, 2.45) is 0 Å². The lowest BCUT2D eigenvalue weighted by molar-refractivity contribution is 0.210. The fourth-order valence-electron chi connectivity index (χ4n) is 1.71. The van der Waals surface area contributed by atoms with Crippen molar-refractivity contribution in [1.29, 1.82) is 0 Å². The molecule has 1 aromatic carbocycles. The molecule has 0 amide bonds. The summed E-state index contributed by atoms with van der Waals surface area (Å²) in [6.07, 6.45) is 1.74. The summed E-state index contributed by atoms with van der Waals surface area (Å²) < 4.78 is 4.98. The van der Waals surface area contributed by atoms with E-state index < -0.39 is 0 Å². The van der Waals surface area contributed by atoms with Crippen molar-refractivity contribution in [3.05, 3.63) is 47.7 Å². The lowest BCUT2D eigenvalue weighted by atomic mass is 10.1. The smallest absolute Gasteiger partial charge is 0.224 e. The van der Waals surface area contributed by atoms with Gasteiger partial charge in [0.1, 0.15) is 5.82 Å². The SMILES string of the molecule is COCCNc1nccc(NCc2ccc(C)cc2)n1. The summed E-state index contributed by atoms with van der Waals surface area (Å²) in [7, 11) is 1.67. The van der Waals surface area contributed by atoms with Crippen LogP contribution in [0.5, 0.6) is 0 Å². The zero-order chi connectivity index (χ0) is 14.2. The van der Waals surface area contributed by atoms with E-state index in [4.69, 9.17) is 4.74 Å². The lowest BCUT2D eigenvalue weighted by Gasteiger charge is -2.08. The monoisotopic (exact) mass is 272 g/mol. The molecule has 1 aromatic heterocycles. The van der Waals surface area contributed by atoms with Crippen LogP contribution in [0.1, 0.15) is 11.1 Å². The Morgan fingerprint density at radius 1 is 1.10 bits per heavy atom. The summed E-state index contributed by atoms with van der Waals surface area (Å²) in [4.78, 5) is 8.55. The van der Waals surface area contributed by atoms with Gasteiger partial charge in [-0.25, -0.2) is 4.98 Å². The minimum Gasteiger partial charge on any atom is -0.383 e. The number of aryl methyl sites for hydroxylation is 1.